The average Bonchev–Trinajstić information content (AvgIpc) is 1.76. The van der Waals surface area contributed by atoms with Crippen LogP contribution in [0.25, 0.3) is 0 Å². The molecule has 0 nitrogen and oxygen atoms in total. The monoisotopic (exact) mass is 178 g/mol. The molecule has 0 aromatic carbocycles. The Labute approximate surface area is 82.1 Å². The van der Waals surface area contributed by atoms with E-state index in [1.807, 2.05) is 0 Å². The molecular formula is C13H22. The van der Waals surface area contributed by atoms with E-state index in [2.05, 4.69) is 13.8 Å². The van der Waals surface area contributed by atoms with Crippen LogP contribution >= 0.6 is 0 Å². The minimum atomic E-state index is 0.884. The summed E-state index contributed by atoms with van der Waals surface area (Å²) in [5, 5.41) is 0. The second-order valence-corrected chi connectivity index (χ2v) is 6.62. The van der Waals surface area contributed by atoms with E-state index in [1.165, 1.54) is 6.42 Å². The summed E-state index contributed by atoms with van der Waals surface area (Å²) in [6.07, 6.45) is 11.1. The molecule has 3 aliphatic rings. The first-order valence-electron chi connectivity index (χ1n) is 6.13. The molecule has 0 heterocycles. The lowest BCUT2D eigenvalue weighted by Crippen LogP contribution is -2.57. The maximum absolute atomic E-state index is 2.40. The van der Waals surface area contributed by atoms with Crippen molar-refractivity contribution in [2.75, 3.05) is 0 Å². The topological polar surface area (TPSA) is 0 Å². The quantitative estimate of drug-likeness (QED) is 0.569. The molecule has 0 atom stereocenters. The third kappa shape index (κ3) is 1.04. The standard InChI is InChI=1S/C13H22/c1-10(2)11-6-13(7-11)8-12(9-13)4-3-5-12/h10-11H,3-9H2,1-2H3. The normalized spacial score (nSPS) is 34.4. The van der Waals surface area contributed by atoms with E-state index in [0.29, 0.717) is 0 Å². The van der Waals surface area contributed by atoms with Crippen LogP contribution in [-0.2, 0) is 0 Å². The molecule has 0 radical (unpaired) electrons. The van der Waals surface area contributed by atoms with E-state index in [4.69, 9.17) is 0 Å². The van der Waals surface area contributed by atoms with Crippen LogP contribution in [0.2, 0.25) is 0 Å². The minimum absolute atomic E-state index is 0.884. The maximum atomic E-state index is 2.40. The van der Waals surface area contributed by atoms with Crippen molar-refractivity contribution >= 4 is 0 Å². The fraction of sp³-hybridized carbons (Fsp3) is 1.00. The zero-order chi connectivity index (χ0) is 9.10. The van der Waals surface area contributed by atoms with Crippen molar-refractivity contribution in [2.45, 2.75) is 58.8 Å². The molecule has 0 aromatic heterocycles. The third-order valence-corrected chi connectivity index (χ3v) is 5.25. The van der Waals surface area contributed by atoms with Crippen molar-refractivity contribution in [3.8, 4) is 0 Å². The first-order valence-corrected chi connectivity index (χ1v) is 6.13. The second kappa shape index (κ2) is 2.32. The Kier molecular flexibility index (Phi) is 1.49. The highest BCUT2D eigenvalue weighted by atomic mass is 14.7. The van der Waals surface area contributed by atoms with E-state index in [0.717, 1.165) is 22.7 Å². The van der Waals surface area contributed by atoms with Crippen LogP contribution in [-0.4, -0.2) is 0 Å². The Morgan fingerprint density at radius 2 is 1.62 bits per heavy atom. The Bertz CT molecular complexity index is 206. The molecule has 3 fully saturated rings. The van der Waals surface area contributed by atoms with Gasteiger partial charge in [-0.05, 0) is 61.2 Å². The summed E-state index contributed by atoms with van der Waals surface area (Å²) in [5.74, 6) is 2.03. The first-order chi connectivity index (χ1) is 6.13. The number of hydrogen-bond acceptors (Lipinski definition) is 0. The van der Waals surface area contributed by atoms with Gasteiger partial charge in [0.2, 0.25) is 0 Å². The molecule has 0 aliphatic heterocycles. The van der Waals surface area contributed by atoms with Crippen LogP contribution in [0.15, 0.2) is 0 Å². The van der Waals surface area contributed by atoms with Crippen molar-refractivity contribution in [1.29, 1.82) is 0 Å². The van der Waals surface area contributed by atoms with Gasteiger partial charge in [0.1, 0.15) is 0 Å². The molecule has 0 bridgehead atoms. The van der Waals surface area contributed by atoms with Crippen LogP contribution < -0.4 is 0 Å². The van der Waals surface area contributed by atoms with Crippen molar-refractivity contribution in [2.24, 2.45) is 22.7 Å². The van der Waals surface area contributed by atoms with E-state index >= 15 is 0 Å². The predicted molar refractivity (Wildman–Crippen MR) is 55.5 cm³/mol. The fourth-order valence-corrected chi connectivity index (χ4v) is 4.38. The zero-order valence-corrected chi connectivity index (χ0v) is 9.10. The van der Waals surface area contributed by atoms with Gasteiger partial charge in [0.05, 0.1) is 0 Å². The van der Waals surface area contributed by atoms with E-state index < -0.39 is 0 Å². The lowest BCUT2D eigenvalue weighted by molar-refractivity contribution is -0.169. The summed E-state index contributed by atoms with van der Waals surface area (Å²) >= 11 is 0. The molecule has 3 rings (SSSR count). The first kappa shape index (κ1) is 8.32. The lowest BCUT2D eigenvalue weighted by Gasteiger charge is -2.68. The minimum Gasteiger partial charge on any atom is -0.0625 e. The van der Waals surface area contributed by atoms with Gasteiger partial charge in [0.15, 0.2) is 0 Å². The molecule has 3 aliphatic carbocycles. The number of rotatable bonds is 1. The molecule has 74 valence electrons. The Hall–Kier alpha value is 0. The fourth-order valence-electron chi connectivity index (χ4n) is 4.38. The SMILES string of the molecule is CC(C)C1CC2(C1)CC1(CCC1)C2. The van der Waals surface area contributed by atoms with Gasteiger partial charge in [0, 0.05) is 0 Å². The number of hydrogen-bond donors (Lipinski definition) is 0. The van der Waals surface area contributed by atoms with Gasteiger partial charge in [-0.1, -0.05) is 20.3 Å². The summed E-state index contributed by atoms with van der Waals surface area (Å²) in [7, 11) is 0. The second-order valence-electron chi connectivity index (χ2n) is 6.62. The van der Waals surface area contributed by atoms with Gasteiger partial charge in [0.25, 0.3) is 0 Å². The summed E-state index contributed by atoms with van der Waals surface area (Å²) < 4.78 is 0. The molecule has 0 N–H and O–H groups in total. The van der Waals surface area contributed by atoms with Crippen LogP contribution in [0.3, 0.4) is 0 Å². The van der Waals surface area contributed by atoms with Gasteiger partial charge in [-0.15, -0.1) is 0 Å². The third-order valence-electron chi connectivity index (χ3n) is 5.25. The average molecular weight is 178 g/mol. The lowest BCUT2D eigenvalue weighted by atomic mass is 9.37. The molecule has 13 heavy (non-hydrogen) atoms. The summed E-state index contributed by atoms with van der Waals surface area (Å²) in [6, 6.07) is 0. The van der Waals surface area contributed by atoms with Crippen molar-refractivity contribution in [3.63, 3.8) is 0 Å². The van der Waals surface area contributed by atoms with Gasteiger partial charge in [-0.2, -0.15) is 0 Å². The smallest absolute Gasteiger partial charge is 0.0281 e. The Balaban J connectivity index is 1.54. The summed E-state index contributed by atoms with van der Waals surface area (Å²) in [4.78, 5) is 0. The molecule has 2 spiro atoms. The van der Waals surface area contributed by atoms with Crippen LogP contribution in [0.1, 0.15) is 58.8 Å². The Morgan fingerprint density at radius 3 is 2.00 bits per heavy atom. The highest BCUT2D eigenvalue weighted by Gasteiger charge is 2.61. The van der Waals surface area contributed by atoms with E-state index in [1.54, 1.807) is 38.5 Å². The molecule has 0 amide bonds. The highest BCUT2D eigenvalue weighted by Crippen LogP contribution is 2.72. The van der Waals surface area contributed by atoms with Crippen LogP contribution in [0.4, 0.5) is 0 Å². The zero-order valence-electron chi connectivity index (χ0n) is 9.10. The molecular weight excluding hydrogens is 156 g/mol. The molecule has 0 saturated heterocycles. The van der Waals surface area contributed by atoms with Gasteiger partial charge >= 0.3 is 0 Å². The maximum Gasteiger partial charge on any atom is -0.0281 e. The van der Waals surface area contributed by atoms with E-state index in [9.17, 15) is 0 Å². The highest BCUT2D eigenvalue weighted by molar-refractivity contribution is 5.12. The predicted octanol–water partition coefficient (Wildman–Crippen LogP) is 4.00. The molecule has 0 heteroatoms. The Morgan fingerprint density at radius 1 is 1.00 bits per heavy atom. The molecule has 3 saturated carbocycles. The van der Waals surface area contributed by atoms with Crippen molar-refractivity contribution in [1.82, 2.24) is 0 Å². The molecule has 0 unspecified atom stereocenters. The van der Waals surface area contributed by atoms with Gasteiger partial charge < -0.3 is 0 Å². The summed E-state index contributed by atoms with van der Waals surface area (Å²) in [6.45, 7) is 4.80. The van der Waals surface area contributed by atoms with Gasteiger partial charge in [-0.25, -0.2) is 0 Å². The van der Waals surface area contributed by atoms with Gasteiger partial charge in [-0.3, -0.25) is 0 Å². The van der Waals surface area contributed by atoms with Crippen molar-refractivity contribution in [3.05, 3.63) is 0 Å². The summed E-state index contributed by atoms with van der Waals surface area (Å²) in [5.41, 5.74) is 1.79. The van der Waals surface area contributed by atoms with Crippen molar-refractivity contribution < 1.29 is 0 Å². The van der Waals surface area contributed by atoms with Crippen LogP contribution in [0.5, 0.6) is 0 Å². The van der Waals surface area contributed by atoms with Crippen LogP contribution in [0, 0.1) is 22.7 Å². The molecule has 0 aromatic rings. The van der Waals surface area contributed by atoms with E-state index in [-0.39, 0.29) is 0 Å². The largest absolute Gasteiger partial charge is 0.0625 e.